The lowest BCUT2D eigenvalue weighted by molar-refractivity contribution is 0.0472. The molecule has 0 saturated carbocycles. The van der Waals surface area contributed by atoms with E-state index < -0.39 is 0 Å². The van der Waals surface area contributed by atoms with Gasteiger partial charge in [-0.15, -0.1) is 0 Å². The maximum absolute atomic E-state index is 6.28. The minimum Gasteiger partial charge on any atom is -0.375 e. The molecule has 1 aromatic carbocycles. The van der Waals surface area contributed by atoms with E-state index in [0.717, 1.165) is 53.1 Å². The Morgan fingerprint density at radius 1 is 1.45 bits per heavy atom. The molecule has 1 aliphatic rings. The first-order valence-electron chi connectivity index (χ1n) is 7.07. The topological polar surface area (TPSA) is 21.3 Å². The van der Waals surface area contributed by atoms with E-state index in [4.69, 9.17) is 27.9 Å². The predicted octanol–water partition coefficient (Wildman–Crippen LogP) is 4.04. The number of thioether (sulfide) groups is 1. The summed E-state index contributed by atoms with van der Waals surface area (Å²) in [5.74, 6) is 2.13. The lowest BCUT2D eigenvalue weighted by Crippen LogP contribution is -2.46. The molecule has 0 spiro atoms. The van der Waals surface area contributed by atoms with Crippen LogP contribution in [0.4, 0.5) is 0 Å². The molecule has 1 aromatic rings. The van der Waals surface area contributed by atoms with Crippen LogP contribution in [-0.2, 0) is 11.2 Å². The molecule has 0 bridgehead atoms. The highest BCUT2D eigenvalue weighted by molar-refractivity contribution is 7.99. The zero-order valence-electron chi connectivity index (χ0n) is 11.7. The number of benzene rings is 1. The lowest BCUT2D eigenvalue weighted by Gasteiger charge is -2.31. The Balaban J connectivity index is 2.07. The van der Waals surface area contributed by atoms with Crippen molar-refractivity contribution < 1.29 is 4.74 Å². The van der Waals surface area contributed by atoms with E-state index >= 15 is 0 Å². The quantitative estimate of drug-likeness (QED) is 0.848. The van der Waals surface area contributed by atoms with Crippen LogP contribution in [0.1, 0.15) is 18.9 Å². The van der Waals surface area contributed by atoms with Crippen LogP contribution in [0.5, 0.6) is 0 Å². The molecule has 112 valence electrons. The summed E-state index contributed by atoms with van der Waals surface area (Å²) in [5, 5.41) is 5.11. The molecule has 5 heteroatoms. The van der Waals surface area contributed by atoms with E-state index in [-0.39, 0.29) is 6.10 Å². The molecule has 1 N–H and O–H groups in total. The monoisotopic (exact) mass is 333 g/mol. The zero-order valence-corrected chi connectivity index (χ0v) is 14.0. The Morgan fingerprint density at radius 3 is 3.00 bits per heavy atom. The maximum atomic E-state index is 6.28. The third kappa shape index (κ3) is 4.81. The third-order valence-corrected chi connectivity index (χ3v) is 5.02. The summed E-state index contributed by atoms with van der Waals surface area (Å²) in [5.41, 5.74) is 1.09. The summed E-state index contributed by atoms with van der Waals surface area (Å²) in [7, 11) is 0. The molecule has 20 heavy (non-hydrogen) atoms. The summed E-state index contributed by atoms with van der Waals surface area (Å²) in [6.07, 6.45) is 2.21. The molecule has 1 saturated heterocycles. The molecule has 2 unspecified atom stereocenters. The van der Waals surface area contributed by atoms with Crippen molar-refractivity contribution in [1.82, 2.24) is 5.32 Å². The van der Waals surface area contributed by atoms with Crippen molar-refractivity contribution >= 4 is 35.0 Å². The van der Waals surface area contributed by atoms with Crippen molar-refractivity contribution in [2.75, 3.05) is 24.7 Å². The molecular weight excluding hydrogens is 313 g/mol. The van der Waals surface area contributed by atoms with Gasteiger partial charge in [0.25, 0.3) is 0 Å². The predicted molar refractivity (Wildman–Crippen MR) is 89.3 cm³/mol. The Labute approximate surface area is 135 Å². The Bertz CT molecular complexity index is 424. The van der Waals surface area contributed by atoms with Gasteiger partial charge in [0, 0.05) is 27.6 Å². The molecule has 2 rings (SSSR count). The minimum atomic E-state index is 0.246. The molecule has 0 radical (unpaired) electrons. The van der Waals surface area contributed by atoms with Crippen LogP contribution in [0.3, 0.4) is 0 Å². The van der Waals surface area contributed by atoms with Gasteiger partial charge in [0.15, 0.2) is 0 Å². The van der Waals surface area contributed by atoms with Gasteiger partial charge >= 0.3 is 0 Å². The number of nitrogens with one attached hydrogen (secondary N) is 1. The van der Waals surface area contributed by atoms with E-state index in [9.17, 15) is 0 Å². The molecule has 2 nitrogen and oxygen atoms in total. The normalized spacial score (nSPS) is 20.9. The van der Waals surface area contributed by atoms with Gasteiger partial charge in [-0.05, 0) is 43.1 Å². The van der Waals surface area contributed by atoms with Crippen LogP contribution < -0.4 is 5.32 Å². The standard InChI is InChI=1S/C15H21Cl2NOS/c1-2-5-18-14(15-10-20-7-6-19-15)9-11-8-12(16)3-4-13(11)17/h3-4,8,14-15,18H,2,5-7,9-10H2,1H3. The molecule has 0 aromatic heterocycles. The molecule has 0 amide bonds. The second-order valence-corrected chi connectivity index (χ2v) is 6.98. The second-order valence-electron chi connectivity index (χ2n) is 4.98. The number of halogens is 2. The van der Waals surface area contributed by atoms with E-state index in [2.05, 4.69) is 12.2 Å². The fourth-order valence-electron chi connectivity index (χ4n) is 2.34. The smallest absolute Gasteiger partial charge is 0.0821 e. The van der Waals surface area contributed by atoms with Crippen molar-refractivity contribution in [3.8, 4) is 0 Å². The fraction of sp³-hybridized carbons (Fsp3) is 0.600. The number of hydrogen-bond donors (Lipinski definition) is 1. The van der Waals surface area contributed by atoms with Gasteiger partial charge in [0.05, 0.1) is 12.7 Å². The first-order chi connectivity index (χ1) is 9.70. The number of rotatable bonds is 6. The van der Waals surface area contributed by atoms with Gasteiger partial charge in [0.1, 0.15) is 0 Å². The van der Waals surface area contributed by atoms with Crippen LogP contribution in [-0.4, -0.2) is 36.8 Å². The van der Waals surface area contributed by atoms with Gasteiger partial charge < -0.3 is 10.1 Å². The number of ether oxygens (including phenoxy) is 1. The van der Waals surface area contributed by atoms with Crippen molar-refractivity contribution in [3.63, 3.8) is 0 Å². The van der Waals surface area contributed by atoms with Gasteiger partial charge in [0.2, 0.25) is 0 Å². The fourth-order valence-corrected chi connectivity index (χ4v) is 3.67. The molecule has 1 heterocycles. The highest BCUT2D eigenvalue weighted by Crippen LogP contribution is 2.24. The van der Waals surface area contributed by atoms with E-state index in [1.165, 1.54) is 0 Å². The summed E-state index contributed by atoms with van der Waals surface area (Å²) in [6.45, 7) is 4.00. The van der Waals surface area contributed by atoms with E-state index in [0.29, 0.717) is 6.04 Å². The van der Waals surface area contributed by atoms with Crippen molar-refractivity contribution in [2.24, 2.45) is 0 Å². The largest absolute Gasteiger partial charge is 0.375 e. The summed E-state index contributed by atoms with van der Waals surface area (Å²) < 4.78 is 5.92. The van der Waals surface area contributed by atoms with Gasteiger partial charge in [-0.25, -0.2) is 0 Å². The third-order valence-electron chi connectivity index (χ3n) is 3.39. The molecular formula is C15H21Cl2NOS. The highest BCUT2D eigenvalue weighted by atomic mass is 35.5. The average molecular weight is 334 g/mol. The van der Waals surface area contributed by atoms with Crippen molar-refractivity contribution in [3.05, 3.63) is 33.8 Å². The Kier molecular flexibility index (Phi) is 6.99. The summed E-state index contributed by atoms with van der Waals surface area (Å²) >= 11 is 14.3. The molecule has 2 atom stereocenters. The SMILES string of the molecule is CCCNC(Cc1cc(Cl)ccc1Cl)C1CSCCO1. The average Bonchev–Trinajstić information content (AvgIpc) is 2.48. The van der Waals surface area contributed by atoms with E-state index in [1.807, 2.05) is 30.0 Å². The zero-order chi connectivity index (χ0) is 14.4. The van der Waals surface area contributed by atoms with Crippen LogP contribution in [0, 0.1) is 0 Å². The van der Waals surface area contributed by atoms with Gasteiger partial charge in [-0.3, -0.25) is 0 Å². The molecule has 0 aliphatic carbocycles. The van der Waals surface area contributed by atoms with Gasteiger partial charge in [-0.1, -0.05) is 30.1 Å². The number of hydrogen-bond acceptors (Lipinski definition) is 3. The Hall–Kier alpha value is 0.0700. The van der Waals surface area contributed by atoms with Crippen LogP contribution in [0.25, 0.3) is 0 Å². The summed E-state index contributed by atoms with van der Waals surface area (Å²) in [4.78, 5) is 0. The van der Waals surface area contributed by atoms with Crippen molar-refractivity contribution in [1.29, 1.82) is 0 Å². The van der Waals surface area contributed by atoms with E-state index in [1.54, 1.807) is 0 Å². The van der Waals surface area contributed by atoms with Gasteiger partial charge in [-0.2, -0.15) is 11.8 Å². The molecule has 1 aliphatic heterocycles. The summed E-state index contributed by atoms with van der Waals surface area (Å²) in [6, 6.07) is 5.95. The van der Waals surface area contributed by atoms with Crippen molar-refractivity contribution in [2.45, 2.75) is 31.9 Å². The molecule has 1 fully saturated rings. The Morgan fingerprint density at radius 2 is 2.30 bits per heavy atom. The maximum Gasteiger partial charge on any atom is 0.0821 e. The van der Waals surface area contributed by atoms with Crippen LogP contribution in [0.15, 0.2) is 18.2 Å². The highest BCUT2D eigenvalue weighted by Gasteiger charge is 2.25. The first-order valence-corrected chi connectivity index (χ1v) is 8.98. The van der Waals surface area contributed by atoms with Crippen LogP contribution in [0.2, 0.25) is 10.0 Å². The second kappa shape index (κ2) is 8.50. The lowest BCUT2D eigenvalue weighted by atomic mass is 10.0. The minimum absolute atomic E-state index is 0.246. The first kappa shape index (κ1) is 16.4. The van der Waals surface area contributed by atoms with Crippen LogP contribution >= 0.6 is 35.0 Å².